The standard InChI is InChI=1S/C28H30N2O3Si/c1-30-24-17-11-10-16-23(24)28(26(30)31)18-22(33-27(32)29-28)19-34(2,3)25(20-12-6-4-7-13-20)21-14-8-5-9-15-21/h4-17,22,25H,18-19H2,1-3H3,(H,29,32)/t22-,28+/m0/s1. The summed E-state index contributed by atoms with van der Waals surface area (Å²) in [6, 6.07) is 29.6. The van der Waals surface area contributed by atoms with Crippen LogP contribution in [-0.4, -0.2) is 33.2 Å². The predicted octanol–water partition coefficient (Wildman–Crippen LogP) is 5.44. The van der Waals surface area contributed by atoms with Crippen LogP contribution >= 0.6 is 0 Å². The zero-order valence-corrected chi connectivity index (χ0v) is 20.8. The summed E-state index contributed by atoms with van der Waals surface area (Å²) in [4.78, 5) is 27.9. The fraction of sp³-hybridized carbons (Fsp3) is 0.286. The minimum atomic E-state index is -2.06. The lowest BCUT2D eigenvalue weighted by Crippen LogP contribution is -2.59. The van der Waals surface area contributed by atoms with Crippen molar-refractivity contribution in [2.75, 3.05) is 11.9 Å². The number of alkyl carbamates (subject to hydrolysis) is 1. The average Bonchev–Trinajstić information content (AvgIpc) is 3.01. The molecule has 2 heterocycles. The summed E-state index contributed by atoms with van der Waals surface area (Å²) in [5, 5.41) is 2.90. The van der Waals surface area contributed by atoms with Crippen molar-refractivity contribution in [1.29, 1.82) is 0 Å². The van der Waals surface area contributed by atoms with E-state index < -0.39 is 19.7 Å². The molecule has 0 aromatic heterocycles. The van der Waals surface area contributed by atoms with Gasteiger partial charge in [-0.15, -0.1) is 0 Å². The Bertz CT molecular complexity index is 1180. The van der Waals surface area contributed by atoms with E-state index in [1.807, 2.05) is 36.4 Å². The molecule has 174 valence electrons. The molecule has 1 fully saturated rings. The minimum Gasteiger partial charge on any atom is -0.446 e. The molecular weight excluding hydrogens is 440 g/mol. The topological polar surface area (TPSA) is 58.6 Å². The van der Waals surface area contributed by atoms with E-state index in [-0.39, 0.29) is 17.6 Å². The predicted molar refractivity (Wildman–Crippen MR) is 137 cm³/mol. The summed E-state index contributed by atoms with van der Waals surface area (Å²) >= 11 is 0. The number of hydrogen-bond donors (Lipinski definition) is 1. The molecule has 3 aromatic carbocycles. The summed E-state index contributed by atoms with van der Waals surface area (Å²) in [5.74, 6) is -0.0995. The molecule has 6 heteroatoms. The Morgan fingerprint density at radius 3 is 2.12 bits per heavy atom. The molecule has 2 aliphatic rings. The summed E-state index contributed by atoms with van der Waals surface area (Å²) in [7, 11) is -0.290. The number of hydrogen-bond acceptors (Lipinski definition) is 3. The highest BCUT2D eigenvalue weighted by Crippen LogP contribution is 2.46. The van der Waals surface area contributed by atoms with Gasteiger partial charge >= 0.3 is 6.09 Å². The molecule has 2 aliphatic heterocycles. The molecule has 34 heavy (non-hydrogen) atoms. The zero-order valence-electron chi connectivity index (χ0n) is 19.8. The van der Waals surface area contributed by atoms with Gasteiger partial charge < -0.3 is 15.0 Å². The van der Waals surface area contributed by atoms with Crippen molar-refractivity contribution < 1.29 is 14.3 Å². The van der Waals surface area contributed by atoms with Crippen LogP contribution in [0, 0.1) is 0 Å². The lowest BCUT2D eigenvalue weighted by molar-refractivity contribution is -0.126. The molecule has 1 saturated heterocycles. The number of fused-ring (bicyclic) bond motifs is 2. The van der Waals surface area contributed by atoms with Crippen molar-refractivity contribution in [3.63, 3.8) is 0 Å². The van der Waals surface area contributed by atoms with Crippen molar-refractivity contribution in [1.82, 2.24) is 5.32 Å². The molecule has 2 atom stereocenters. The Balaban J connectivity index is 1.49. The van der Waals surface area contributed by atoms with E-state index in [0.717, 1.165) is 17.3 Å². The molecule has 0 aliphatic carbocycles. The molecule has 3 aromatic rings. The fourth-order valence-electron chi connectivity index (χ4n) is 5.95. The molecule has 0 unspecified atom stereocenters. The van der Waals surface area contributed by atoms with Crippen molar-refractivity contribution >= 4 is 25.8 Å². The van der Waals surface area contributed by atoms with Crippen LogP contribution in [0.4, 0.5) is 10.5 Å². The normalized spacial score (nSPS) is 22.0. The molecule has 0 saturated carbocycles. The molecule has 1 spiro atoms. The van der Waals surface area contributed by atoms with Gasteiger partial charge in [0.1, 0.15) is 6.10 Å². The number of anilines is 1. The van der Waals surface area contributed by atoms with Crippen LogP contribution in [0.1, 0.15) is 28.7 Å². The number of nitrogens with one attached hydrogen (secondary N) is 1. The van der Waals surface area contributed by atoms with Crippen LogP contribution in [0.5, 0.6) is 0 Å². The van der Waals surface area contributed by atoms with Crippen LogP contribution < -0.4 is 10.2 Å². The third-order valence-electron chi connectivity index (χ3n) is 7.32. The Labute approximate surface area is 201 Å². The molecule has 5 rings (SSSR count). The number of carbonyl (C=O) groups is 2. The van der Waals surface area contributed by atoms with Crippen molar-refractivity contribution in [3.05, 3.63) is 102 Å². The van der Waals surface area contributed by atoms with Gasteiger partial charge in [-0.3, -0.25) is 4.79 Å². The van der Waals surface area contributed by atoms with E-state index >= 15 is 0 Å². The van der Waals surface area contributed by atoms with E-state index in [0.29, 0.717) is 6.42 Å². The van der Waals surface area contributed by atoms with Gasteiger partial charge in [0.2, 0.25) is 0 Å². The largest absolute Gasteiger partial charge is 0.446 e. The Kier molecular flexibility index (Phi) is 5.56. The lowest BCUT2D eigenvalue weighted by atomic mass is 9.85. The maximum absolute atomic E-state index is 13.4. The highest BCUT2D eigenvalue weighted by molar-refractivity contribution is 6.79. The minimum absolute atomic E-state index is 0.0995. The van der Waals surface area contributed by atoms with Gasteiger partial charge in [-0.1, -0.05) is 92.0 Å². The van der Waals surface area contributed by atoms with Crippen molar-refractivity contribution in [3.8, 4) is 0 Å². The van der Waals surface area contributed by atoms with E-state index in [9.17, 15) is 9.59 Å². The molecule has 2 amide bonds. The van der Waals surface area contributed by atoms with Crippen LogP contribution in [0.25, 0.3) is 0 Å². The van der Waals surface area contributed by atoms with Gasteiger partial charge in [0.15, 0.2) is 5.54 Å². The first-order valence-electron chi connectivity index (χ1n) is 11.8. The van der Waals surface area contributed by atoms with Gasteiger partial charge in [-0.25, -0.2) is 4.79 Å². The highest BCUT2D eigenvalue weighted by atomic mass is 28.3. The maximum atomic E-state index is 13.4. The quantitative estimate of drug-likeness (QED) is 0.506. The number of para-hydroxylation sites is 1. The number of amides is 2. The summed E-state index contributed by atoms with van der Waals surface area (Å²) < 4.78 is 5.84. The van der Waals surface area contributed by atoms with E-state index in [2.05, 4.69) is 66.9 Å². The van der Waals surface area contributed by atoms with Gasteiger partial charge in [0, 0.05) is 30.3 Å². The second-order valence-electron chi connectivity index (χ2n) is 10.1. The summed E-state index contributed by atoms with van der Waals surface area (Å²) in [6.45, 7) is 4.72. The second kappa shape index (κ2) is 8.44. The number of likely N-dealkylation sites (N-methyl/N-ethyl adjacent to an activating group) is 1. The zero-order chi connectivity index (χ0) is 23.9. The van der Waals surface area contributed by atoms with Crippen molar-refractivity contribution in [2.24, 2.45) is 0 Å². The third kappa shape index (κ3) is 3.72. The van der Waals surface area contributed by atoms with E-state index in [1.54, 1.807) is 11.9 Å². The first-order chi connectivity index (χ1) is 16.3. The van der Waals surface area contributed by atoms with Crippen LogP contribution in [-0.2, 0) is 15.1 Å². The monoisotopic (exact) mass is 470 g/mol. The van der Waals surface area contributed by atoms with Crippen LogP contribution in [0.15, 0.2) is 84.9 Å². The van der Waals surface area contributed by atoms with Crippen molar-refractivity contribution in [2.45, 2.75) is 42.7 Å². The van der Waals surface area contributed by atoms with Crippen LogP contribution in [0.2, 0.25) is 19.1 Å². The van der Waals surface area contributed by atoms with Gasteiger partial charge in [0.05, 0.1) is 8.07 Å². The molecule has 5 nitrogen and oxygen atoms in total. The first-order valence-corrected chi connectivity index (χ1v) is 15.1. The number of ether oxygens (including phenoxy) is 1. The number of benzene rings is 3. The van der Waals surface area contributed by atoms with E-state index in [1.165, 1.54) is 11.1 Å². The Hall–Kier alpha value is -3.38. The molecular formula is C28H30N2O3Si. The molecule has 1 N–H and O–H groups in total. The summed E-state index contributed by atoms with van der Waals surface area (Å²) in [6.07, 6.45) is -0.421. The Morgan fingerprint density at radius 1 is 0.941 bits per heavy atom. The average molecular weight is 471 g/mol. The number of cyclic esters (lactones) is 1. The number of rotatable bonds is 5. The third-order valence-corrected chi connectivity index (χ3v) is 11.1. The molecule has 0 bridgehead atoms. The highest BCUT2D eigenvalue weighted by Gasteiger charge is 2.55. The smallest absolute Gasteiger partial charge is 0.408 e. The molecule has 0 radical (unpaired) electrons. The van der Waals surface area contributed by atoms with Crippen LogP contribution in [0.3, 0.4) is 0 Å². The SMILES string of the molecule is CN1C(=O)[C@@]2(C[C@@H](C[Si](C)(C)C(c3ccccc3)c3ccccc3)OC(=O)N2)c2ccccc21. The maximum Gasteiger partial charge on any atom is 0.408 e. The second-order valence-corrected chi connectivity index (χ2v) is 15.1. The summed E-state index contributed by atoms with van der Waals surface area (Å²) in [5.41, 5.74) is 3.44. The van der Waals surface area contributed by atoms with Gasteiger partial charge in [0.25, 0.3) is 5.91 Å². The van der Waals surface area contributed by atoms with Gasteiger partial charge in [-0.2, -0.15) is 0 Å². The number of nitrogens with zero attached hydrogens (tertiary/aromatic N) is 1. The lowest BCUT2D eigenvalue weighted by Gasteiger charge is -2.41. The Morgan fingerprint density at radius 2 is 1.50 bits per heavy atom. The number of carbonyl (C=O) groups excluding carboxylic acids is 2. The van der Waals surface area contributed by atoms with E-state index in [4.69, 9.17) is 4.74 Å². The first kappa shape index (κ1) is 22.4. The fourth-order valence-corrected chi connectivity index (χ4v) is 9.78. The van der Waals surface area contributed by atoms with Gasteiger partial charge in [-0.05, 0) is 23.2 Å².